The largest absolute Gasteiger partial charge is 0.496 e. The zero-order valence-electron chi connectivity index (χ0n) is 17.5. The lowest BCUT2D eigenvalue weighted by Gasteiger charge is -2.13. The van der Waals surface area contributed by atoms with Crippen molar-refractivity contribution in [3.63, 3.8) is 0 Å². The summed E-state index contributed by atoms with van der Waals surface area (Å²) in [6, 6.07) is 9.72. The van der Waals surface area contributed by atoms with Crippen LogP contribution in [0.4, 0.5) is 10.1 Å². The van der Waals surface area contributed by atoms with E-state index in [0.717, 1.165) is 40.6 Å². The van der Waals surface area contributed by atoms with Gasteiger partial charge in [-0.05, 0) is 49.1 Å². The lowest BCUT2D eigenvalue weighted by molar-refractivity contribution is -0.384. The van der Waals surface area contributed by atoms with E-state index in [1.165, 1.54) is 13.1 Å². The fourth-order valence-corrected chi connectivity index (χ4v) is 3.36. The second kappa shape index (κ2) is 10.2. The number of non-ortho nitro benzene ring substituents is 1. The highest BCUT2D eigenvalue weighted by Gasteiger charge is 2.19. The number of unbranched alkanes of at least 4 members (excludes halogenated alkanes) is 1. The molecule has 0 aliphatic rings. The molecular formula is C22H21ClFN3O5. The van der Waals surface area contributed by atoms with E-state index in [4.69, 9.17) is 21.1 Å². The van der Waals surface area contributed by atoms with Gasteiger partial charge in [-0.1, -0.05) is 11.6 Å². The summed E-state index contributed by atoms with van der Waals surface area (Å²) in [5, 5.41) is 15.8. The molecule has 0 amide bonds. The van der Waals surface area contributed by atoms with Crippen molar-refractivity contribution in [2.75, 3.05) is 13.7 Å². The zero-order valence-corrected chi connectivity index (χ0v) is 18.3. The lowest BCUT2D eigenvalue weighted by Crippen LogP contribution is -2.20. The van der Waals surface area contributed by atoms with Crippen molar-refractivity contribution < 1.29 is 18.8 Å². The number of nitrogens with zero attached hydrogens (tertiary/aromatic N) is 3. The van der Waals surface area contributed by atoms with Crippen LogP contribution in [0.2, 0.25) is 5.02 Å². The number of methoxy groups -OCH3 is 1. The molecule has 0 fully saturated rings. The van der Waals surface area contributed by atoms with Gasteiger partial charge in [-0.15, -0.1) is 0 Å². The minimum absolute atomic E-state index is 0.0183. The number of aromatic nitrogens is 2. The molecule has 8 nitrogen and oxygen atoms in total. The van der Waals surface area contributed by atoms with Crippen LogP contribution in [0.5, 0.6) is 11.5 Å². The van der Waals surface area contributed by atoms with Crippen molar-refractivity contribution in [1.82, 2.24) is 9.78 Å². The van der Waals surface area contributed by atoms with E-state index >= 15 is 0 Å². The van der Waals surface area contributed by atoms with Gasteiger partial charge >= 0.3 is 0 Å². The number of nitro groups is 1. The monoisotopic (exact) mass is 461 g/mol. The molecule has 0 N–H and O–H groups in total. The molecule has 1 heterocycles. The van der Waals surface area contributed by atoms with Gasteiger partial charge in [0.25, 0.3) is 11.2 Å². The van der Waals surface area contributed by atoms with E-state index in [1.54, 1.807) is 19.2 Å². The van der Waals surface area contributed by atoms with Crippen LogP contribution in [-0.2, 0) is 13.5 Å². The minimum atomic E-state index is -0.709. The summed E-state index contributed by atoms with van der Waals surface area (Å²) < 4.78 is 26.5. The van der Waals surface area contributed by atoms with Gasteiger partial charge < -0.3 is 9.47 Å². The third kappa shape index (κ3) is 5.42. The third-order valence-corrected chi connectivity index (χ3v) is 5.05. The summed E-state index contributed by atoms with van der Waals surface area (Å²) in [6.45, 7) is 0.237. The maximum atomic E-state index is 14.4. The predicted molar refractivity (Wildman–Crippen MR) is 118 cm³/mol. The number of hydrogen-bond acceptors (Lipinski definition) is 6. The fourth-order valence-electron chi connectivity index (χ4n) is 3.17. The van der Waals surface area contributed by atoms with Crippen molar-refractivity contribution in [3.8, 4) is 22.8 Å². The van der Waals surface area contributed by atoms with E-state index in [1.807, 2.05) is 6.07 Å². The Kier molecular flexibility index (Phi) is 7.42. The topological polar surface area (TPSA) is 96.5 Å². The fraction of sp³-hybridized carbons (Fsp3) is 0.273. The molecule has 0 spiro atoms. The molecule has 0 saturated heterocycles. The van der Waals surface area contributed by atoms with Gasteiger partial charge in [-0.3, -0.25) is 14.9 Å². The molecule has 0 saturated carbocycles. The summed E-state index contributed by atoms with van der Waals surface area (Å²) in [5.74, 6) is 0.0991. The standard InChI is InChI=1S/C22H21ClFN3O5/c1-26-21(28)13-20(22(25-26)17-12-16(27(29)30)7-8-18(17)24)32-10-4-3-5-14-11-15(23)6-9-19(14)31-2/h6-9,11-13H,3-5,10H2,1-2H3. The highest BCUT2D eigenvalue weighted by Crippen LogP contribution is 2.31. The van der Waals surface area contributed by atoms with Crippen LogP contribution in [0.25, 0.3) is 11.3 Å². The highest BCUT2D eigenvalue weighted by molar-refractivity contribution is 6.30. The van der Waals surface area contributed by atoms with Crippen molar-refractivity contribution >= 4 is 17.3 Å². The van der Waals surface area contributed by atoms with Crippen LogP contribution >= 0.6 is 11.6 Å². The van der Waals surface area contributed by atoms with E-state index in [-0.39, 0.29) is 29.3 Å². The highest BCUT2D eigenvalue weighted by atomic mass is 35.5. The number of halogens is 2. The Hall–Kier alpha value is -3.46. The van der Waals surface area contributed by atoms with Gasteiger partial charge in [-0.25, -0.2) is 9.07 Å². The zero-order chi connectivity index (χ0) is 23.3. The Balaban J connectivity index is 1.75. The predicted octanol–water partition coefficient (Wildman–Crippen LogP) is 4.56. The van der Waals surface area contributed by atoms with Crippen LogP contribution in [0.1, 0.15) is 18.4 Å². The first-order chi connectivity index (χ1) is 15.3. The van der Waals surface area contributed by atoms with Crippen molar-refractivity contribution in [2.24, 2.45) is 7.05 Å². The Bertz CT molecular complexity index is 1200. The molecule has 3 aromatic rings. The first-order valence-corrected chi connectivity index (χ1v) is 10.2. The Morgan fingerprint density at radius 1 is 1.16 bits per heavy atom. The van der Waals surface area contributed by atoms with Gasteiger partial charge in [-0.2, -0.15) is 5.10 Å². The maximum absolute atomic E-state index is 14.4. The smallest absolute Gasteiger partial charge is 0.270 e. The second-order valence-corrected chi connectivity index (χ2v) is 7.44. The van der Waals surface area contributed by atoms with Crippen LogP contribution in [-0.4, -0.2) is 28.4 Å². The second-order valence-electron chi connectivity index (χ2n) is 7.00. The molecule has 1 aromatic heterocycles. The maximum Gasteiger partial charge on any atom is 0.270 e. The molecule has 2 aromatic carbocycles. The van der Waals surface area contributed by atoms with Gasteiger partial charge in [0.15, 0.2) is 5.75 Å². The molecule has 0 bridgehead atoms. The van der Waals surface area contributed by atoms with Crippen molar-refractivity contribution in [3.05, 3.63) is 79.3 Å². The third-order valence-electron chi connectivity index (χ3n) is 4.81. The molecule has 0 unspecified atom stereocenters. The molecule has 32 heavy (non-hydrogen) atoms. The Morgan fingerprint density at radius 2 is 1.94 bits per heavy atom. The summed E-state index contributed by atoms with van der Waals surface area (Å²) in [6.07, 6.45) is 2.07. The van der Waals surface area contributed by atoms with Crippen LogP contribution in [0.3, 0.4) is 0 Å². The average Bonchev–Trinajstić information content (AvgIpc) is 2.76. The van der Waals surface area contributed by atoms with Crippen LogP contribution in [0.15, 0.2) is 47.3 Å². The van der Waals surface area contributed by atoms with Crippen molar-refractivity contribution in [2.45, 2.75) is 19.3 Å². The molecule has 0 radical (unpaired) electrons. The lowest BCUT2D eigenvalue weighted by atomic mass is 10.1. The van der Waals surface area contributed by atoms with E-state index in [0.29, 0.717) is 17.9 Å². The number of nitro benzene ring substituents is 1. The number of benzene rings is 2. The molecule has 0 aliphatic carbocycles. The average molecular weight is 462 g/mol. The van der Waals surface area contributed by atoms with Gasteiger partial charge in [0.1, 0.15) is 17.3 Å². The molecule has 0 atom stereocenters. The van der Waals surface area contributed by atoms with Crippen molar-refractivity contribution in [1.29, 1.82) is 0 Å². The molecule has 0 aliphatic heterocycles. The summed E-state index contributed by atoms with van der Waals surface area (Å²) in [5.41, 5.74) is 0.129. The SMILES string of the molecule is COc1ccc(Cl)cc1CCCCOc1cc(=O)n(C)nc1-c1cc([N+](=O)[O-])ccc1F. The van der Waals surface area contributed by atoms with Gasteiger partial charge in [0.05, 0.1) is 18.6 Å². The van der Waals surface area contributed by atoms with E-state index < -0.39 is 16.3 Å². The number of ether oxygens (including phenoxy) is 2. The van der Waals surface area contributed by atoms with Gasteiger partial charge in [0.2, 0.25) is 0 Å². The Labute approximate surface area is 188 Å². The quantitative estimate of drug-likeness (QED) is 0.263. The van der Waals surface area contributed by atoms with Crippen LogP contribution < -0.4 is 15.0 Å². The Morgan fingerprint density at radius 3 is 2.66 bits per heavy atom. The normalized spacial score (nSPS) is 10.8. The first-order valence-electron chi connectivity index (χ1n) is 9.78. The summed E-state index contributed by atoms with van der Waals surface area (Å²) >= 11 is 6.05. The molecule has 10 heteroatoms. The number of rotatable bonds is 9. The first kappa shape index (κ1) is 23.2. The number of aryl methyl sites for hydroxylation is 2. The summed E-state index contributed by atoms with van der Waals surface area (Å²) in [7, 11) is 3.00. The molecular weight excluding hydrogens is 441 g/mol. The minimum Gasteiger partial charge on any atom is -0.496 e. The summed E-state index contributed by atoms with van der Waals surface area (Å²) in [4.78, 5) is 22.5. The van der Waals surface area contributed by atoms with E-state index in [2.05, 4.69) is 5.10 Å². The van der Waals surface area contributed by atoms with Crippen LogP contribution in [0, 0.1) is 15.9 Å². The van der Waals surface area contributed by atoms with E-state index in [9.17, 15) is 19.3 Å². The van der Waals surface area contributed by atoms with Gasteiger partial charge in [0, 0.05) is 35.8 Å². The molecule has 168 valence electrons. The number of hydrogen-bond donors (Lipinski definition) is 0. The molecule has 3 rings (SSSR count).